The van der Waals surface area contributed by atoms with Gasteiger partial charge in [-0.15, -0.1) is 0 Å². The van der Waals surface area contributed by atoms with Gasteiger partial charge < -0.3 is 5.11 Å². The van der Waals surface area contributed by atoms with Crippen molar-refractivity contribution in [3.05, 3.63) is 60.2 Å². The van der Waals surface area contributed by atoms with E-state index in [1.807, 2.05) is 0 Å². The molecule has 1 amide bonds. The van der Waals surface area contributed by atoms with Gasteiger partial charge in [0.25, 0.3) is 0 Å². The zero-order chi connectivity index (χ0) is 13.7. The quantitative estimate of drug-likeness (QED) is 0.818. The van der Waals surface area contributed by atoms with Gasteiger partial charge in [0, 0.05) is 12.4 Å². The van der Waals surface area contributed by atoms with Crippen molar-refractivity contribution >= 4 is 17.5 Å². The van der Waals surface area contributed by atoms with Gasteiger partial charge in [0.05, 0.1) is 11.4 Å². The molecule has 0 radical (unpaired) electrons. The van der Waals surface area contributed by atoms with Crippen molar-refractivity contribution in [3.63, 3.8) is 0 Å². The average Bonchev–Trinajstić information content (AvgIpc) is 2.46. The summed E-state index contributed by atoms with van der Waals surface area (Å²) in [7, 11) is 0. The van der Waals surface area contributed by atoms with Crippen LogP contribution in [-0.2, 0) is 0 Å². The minimum Gasteiger partial charge on any atom is -0.463 e. The average molecular weight is 254 g/mol. The Morgan fingerprint density at radius 2 is 1.63 bits per heavy atom. The lowest BCUT2D eigenvalue weighted by atomic mass is 10.1. The van der Waals surface area contributed by atoms with Crippen LogP contribution in [0.4, 0.5) is 4.79 Å². The molecule has 0 aliphatic heterocycles. The molecule has 0 aliphatic rings. The van der Waals surface area contributed by atoms with E-state index < -0.39 is 6.09 Å². The van der Waals surface area contributed by atoms with Crippen LogP contribution in [-0.4, -0.2) is 32.6 Å². The third-order valence-corrected chi connectivity index (χ3v) is 2.27. The van der Waals surface area contributed by atoms with E-state index in [9.17, 15) is 4.79 Å². The summed E-state index contributed by atoms with van der Waals surface area (Å²) in [6, 6.07) is 10.0. The van der Waals surface area contributed by atoms with Crippen molar-refractivity contribution in [1.29, 1.82) is 5.41 Å². The van der Waals surface area contributed by atoms with E-state index in [1.165, 1.54) is 12.4 Å². The van der Waals surface area contributed by atoms with Crippen LogP contribution in [0, 0.1) is 5.41 Å². The Morgan fingerprint density at radius 1 is 1.05 bits per heavy atom. The molecule has 0 bridgehead atoms. The molecule has 2 aromatic heterocycles. The fourth-order valence-corrected chi connectivity index (χ4v) is 1.47. The standard InChI is InChI=1S/C13H10N4O2/c14-11(9-5-1-3-7-15-9)12(17-13(18)19)10-6-2-4-8-16-10/h1-8,14H,(H,18,19)/b14-11?,17-12+. The third kappa shape index (κ3) is 3.06. The highest BCUT2D eigenvalue weighted by Crippen LogP contribution is 2.05. The molecule has 0 atom stereocenters. The van der Waals surface area contributed by atoms with Crippen LogP contribution in [0.15, 0.2) is 53.8 Å². The van der Waals surface area contributed by atoms with Gasteiger partial charge in [0.15, 0.2) is 0 Å². The Hall–Kier alpha value is -2.89. The van der Waals surface area contributed by atoms with Crippen LogP contribution in [0.2, 0.25) is 0 Å². The highest BCUT2D eigenvalue weighted by Gasteiger charge is 2.15. The number of hydrogen-bond donors (Lipinski definition) is 2. The molecule has 94 valence electrons. The van der Waals surface area contributed by atoms with Gasteiger partial charge in [0.2, 0.25) is 0 Å². The molecular formula is C13H10N4O2. The number of nitrogens with one attached hydrogen (secondary N) is 1. The molecule has 19 heavy (non-hydrogen) atoms. The third-order valence-electron chi connectivity index (χ3n) is 2.27. The summed E-state index contributed by atoms with van der Waals surface area (Å²) in [6.45, 7) is 0. The Kier molecular flexibility index (Phi) is 3.72. The zero-order valence-corrected chi connectivity index (χ0v) is 9.82. The SMILES string of the molecule is N=C(/C(=N/C(=O)O)c1ccccn1)c1ccccn1. The summed E-state index contributed by atoms with van der Waals surface area (Å²) >= 11 is 0. The van der Waals surface area contributed by atoms with Crippen LogP contribution >= 0.6 is 0 Å². The second-order valence-electron chi connectivity index (χ2n) is 3.55. The minimum absolute atomic E-state index is 0.0215. The number of aromatic nitrogens is 2. The lowest BCUT2D eigenvalue weighted by molar-refractivity contribution is 0.206. The molecule has 2 aromatic rings. The maximum absolute atomic E-state index is 10.8. The molecule has 0 saturated carbocycles. The van der Waals surface area contributed by atoms with Gasteiger partial charge in [-0.3, -0.25) is 15.4 Å². The van der Waals surface area contributed by atoms with Gasteiger partial charge in [-0.25, -0.2) is 4.79 Å². The first kappa shape index (κ1) is 12.6. The van der Waals surface area contributed by atoms with Gasteiger partial charge in [-0.2, -0.15) is 4.99 Å². The molecule has 2 heterocycles. The van der Waals surface area contributed by atoms with Crippen LogP contribution in [0.3, 0.4) is 0 Å². The maximum Gasteiger partial charge on any atom is 0.431 e. The van der Waals surface area contributed by atoms with Gasteiger partial charge in [-0.1, -0.05) is 12.1 Å². The summed E-state index contributed by atoms with van der Waals surface area (Å²) in [5.74, 6) is 0. The second-order valence-corrected chi connectivity index (χ2v) is 3.55. The number of carboxylic acid groups (broad SMARTS) is 1. The number of aliphatic imine (C=N–C) groups is 1. The Bertz CT molecular complexity index is 624. The van der Waals surface area contributed by atoms with Crippen LogP contribution in [0.25, 0.3) is 0 Å². The van der Waals surface area contributed by atoms with Crippen LogP contribution in [0.5, 0.6) is 0 Å². The molecule has 2 rings (SSSR count). The molecule has 0 aromatic carbocycles. The predicted octanol–water partition coefficient (Wildman–Crippen LogP) is 2.01. The summed E-state index contributed by atoms with van der Waals surface area (Å²) in [4.78, 5) is 22.2. The molecule has 0 spiro atoms. The molecule has 2 N–H and O–H groups in total. The first-order valence-corrected chi connectivity index (χ1v) is 5.42. The molecule has 0 saturated heterocycles. The van der Waals surface area contributed by atoms with E-state index in [-0.39, 0.29) is 11.4 Å². The topological polar surface area (TPSA) is 99.3 Å². The Labute approximate surface area is 109 Å². The summed E-state index contributed by atoms with van der Waals surface area (Å²) in [5, 5.41) is 16.8. The summed E-state index contributed by atoms with van der Waals surface area (Å²) < 4.78 is 0. The van der Waals surface area contributed by atoms with Gasteiger partial charge in [-0.05, 0) is 24.3 Å². The first-order chi connectivity index (χ1) is 9.18. The Balaban J connectivity index is 2.46. The second kappa shape index (κ2) is 5.63. The number of rotatable bonds is 3. The molecule has 6 heteroatoms. The van der Waals surface area contributed by atoms with E-state index in [4.69, 9.17) is 10.5 Å². The number of carbonyl (C=O) groups is 1. The van der Waals surface area contributed by atoms with Crippen molar-refractivity contribution in [2.75, 3.05) is 0 Å². The van der Waals surface area contributed by atoms with E-state index in [1.54, 1.807) is 36.4 Å². The van der Waals surface area contributed by atoms with Crippen molar-refractivity contribution in [2.24, 2.45) is 4.99 Å². The largest absolute Gasteiger partial charge is 0.463 e. The lowest BCUT2D eigenvalue weighted by Crippen LogP contribution is -2.19. The highest BCUT2D eigenvalue weighted by atomic mass is 16.4. The van der Waals surface area contributed by atoms with Crippen molar-refractivity contribution in [3.8, 4) is 0 Å². The van der Waals surface area contributed by atoms with E-state index >= 15 is 0 Å². The molecule has 0 fully saturated rings. The van der Waals surface area contributed by atoms with Crippen LogP contribution in [0.1, 0.15) is 11.4 Å². The fraction of sp³-hybridized carbons (Fsp3) is 0. The van der Waals surface area contributed by atoms with Gasteiger partial charge >= 0.3 is 6.09 Å². The maximum atomic E-state index is 10.8. The monoisotopic (exact) mass is 254 g/mol. The van der Waals surface area contributed by atoms with Crippen molar-refractivity contribution in [1.82, 2.24) is 9.97 Å². The van der Waals surface area contributed by atoms with Crippen molar-refractivity contribution in [2.45, 2.75) is 0 Å². The van der Waals surface area contributed by atoms with E-state index in [0.717, 1.165) is 0 Å². The van der Waals surface area contributed by atoms with E-state index in [2.05, 4.69) is 15.0 Å². The fourth-order valence-electron chi connectivity index (χ4n) is 1.47. The van der Waals surface area contributed by atoms with Gasteiger partial charge in [0.1, 0.15) is 11.4 Å². The summed E-state index contributed by atoms with van der Waals surface area (Å²) in [5.41, 5.74) is 0.558. The molecular weight excluding hydrogens is 244 g/mol. The summed E-state index contributed by atoms with van der Waals surface area (Å²) in [6.07, 6.45) is 1.67. The van der Waals surface area contributed by atoms with E-state index in [0.29, 0.717) is 11.4 Å². The number of amides is 1. The number of hydrogen-bond acceptors (Lipinski definition) is 4. The Morgan fingerprint density at radius 3 is 2.11 bits per heavy atom. The highest BCUT2D eigenvalue weighted by molar-refractivity contribution is 6.52. The first-order valence-electron chi connectivity index (χ1n) is 5.42. The molecule has 0 unspecified atom stereocenters. The molecule has 6 nitrogen and oxygen atoms in total. The number of nitrogens with zero attached hydrogens (tertiary/aromatic N) is 3. The molecule has 0 aliphatic carbocycles. The zero-order valence-electron chi connectivity index (χ0n) is 9.82. The normalized spacial score (nSPS) is 11.1. The minimum atomic E-state index is -1.37. The van der Waals surface area contributed by atoms with Crippen molar-refractivity contribution < 1.29 is 9.90 Å². The predicted molar refractivity (Wildman–Crippen MR) is 69.9 cm³/mol. The smallest absolute Gasteiger partial charge is 0.431 e. The van der Waals surface area contributed by atoms with Crippen LogP contribution < -0.4 is 0 Å². The lowest BCUT2D eigenvalue weighted by Gasteiger charge is -2.05. The number of pyridine rings is 2.